The number of aryl methyl sites for hydroxylation is 2. The Kier molecular flexibility index (Phi) is 1.46. The summed E-state index contributed by atoms with van der Waals surface area (Å²) >= 11 is 0. The van der Waals surface area contributed by atoms with Crippen molar-refractivity contribution < 1.29 is 0 Å². The highest BCUT2D eigenvalue weighted by Gasteiger charge is 2.02. The monoisotopic (exact) mass is 156 g/mol. The van der Waals surface area contributed by atoms with Crippen LogP contribution in [0, 0.1) is 6.92 Å². The van der Waals surface area contributed by atoms with Crippen LogP contribution in [0.15, 0.2) is 18.2 Å². The van der Waals surface area contributed by atoms with Gasteiger partial charge in [-0.05, 0) is 24.1 Å². The molecule has 1 heterocycles. The summed E-state index contributed by atoms with van der Waals surface area (Å²) in [6, 6.07) is 6.08. The summed E-state index contributed by atoms with van der Waals surface area (Å²) in [6.45, 7) is 2.05. The van der Waals surface area contributed by atoms with Crippen LogP contribution >= 0.6 is 0 Å². The zero-order chi connectivity index (χ0) is 8.72. The van der Waals surface area contributed by atoms with Gasteiger partial charge in [-0.15, -0.1) is 0 Å². The molecular formula is C9H9BN2. The van der Waals surface area contributed by atoms with Gasteiger partial charge in [-0.3, -0.25) is 4.68 Å². The first-order valence-electron chi connectivity index (χ1n) is 3.87. The van der Waals surface area contributed by atoms with E-state index in [0.29, 0.717) is 0 Å². The molecule has 58 valence electrons. The quantitative estimate of drug-likeness (QED) is 0.512. The van der Waals surface area contributed by atoms with Gasteiger partial charge in [0.05, 0.1) is 5.52 Å². The largest absolute Gasteiger partial charge is 0.282 e. The Bertz CT molecular complexity index is 431. The molecule has 0 aliphatic carbocycles. The fraction of sp³-hybridized carbons (Fsp3) is 0.222. The highest BCUT2D eigenvalue weighted by molar-refractivity contribution is 6.37. The second-order valence-corrected chi connectivity index (χ2v) is 3.03. The van der Waals surface area contributed by atoms with Gasteiger partial charge in [0.1, 0.15) is 7.85 Å². The van der Waals surface area contributed by atoms with E-state index in [2.05, 4.69) is 5.10 Å². The van der Waals surface area contributed by atoms with Gasteiger partial charge >= 0.3 is 0 Å². The van der Waals surface area contributed by atoms with Gasteiger partial charge in [-0.1, -0.05) is 12.1 Å². The van der Waals surface area contributed by atoms with Crippen LogP contribution in [0.5, 0.6) is 0 Å². The summed E-state index contributed by atoms with van der Waals surface area (Å²) in [5.74, 6) is 0. The highest BCUT2D eigenvalue weighted by atomic mass is 15.3. The third kappa shape index (κ3) is 0.933. The Morgan fingerprint density at radius 3 is 2.92 bits per heavy atom. The molecule has 3 heteroatoms. The van der Waals surface area contributed by atoms with Crippen LogP contribution in [-0.4, -0.2) is 17.6 Å². The van der Waals surface area contributed by atoms with E-state index in [1.807, 2.05) is 32.2 Å². The van der Waals surface area contributed by atoms with Gasteiger partial charge in [0.15, 0.2) is 0 Å². The van der Waals surface area contributed by atoms with E-state index < -0.39 is 0 Å². The fourth-order valence-electron chi connectivity index (χ4n) is 1.33. The molecule has 1 aromatic carbocycles. The van der Waals surface area contributed by atoms with Crippen molar-refractivity contribution in [2.24, 2.45) is 7.05 Å². The first-order valence-corrected chi connectivity index (χ1v) is 3.87. The second-order valence-electron chi connectivity index (χ2n) is 3.03. The van der Waals surface area contributed by atoms with E-state index in [1.165, 1.54) is 5.56 Å². The minimum Gasteiger partial charge on any atom is -0.282 e. The minimum atomic E-state index is 0.727. The molecule has 12 heavy (non-hydrogen) atoms. The summed E-state index contributed by atoms with van der Waals surface area (Å²) < 4.78 is 1.70. The summed E-state index contributed by atoms with van der Waals surface area (Å²) in [5, 5.41) is 5.30. The lowest BCUT2D eigenvalue weighted by atomic mass is 9.99. The summed E-state index contributed by atoms with van der Waals surface area (Å²) in [6.07, 6.45) is 0. The lowest BCUT2D eigenvalue weighted by molar-refractivity contribution is 0.802. The van der Waals surface area contributed by atoms with Crippen LogP contribution in [0.25, 0.3) is 10.9 Å². The van der Waals surface area contributed by atoms with Crippen LogP contribution in [0.3, 0.4) is 0 Å². The van der Waals surface area contributed by atoms with Crippen molar-refractivity contribution in [3.05, 3.63) is 23.8 Å². The fourth-order valence-corrected chi connectivity index (χ4v) is 1.33. The number of benzene rings is 1. The Morgan fingerprint density at radius 2 is 2.17 bits per heavy atom. The predicted octanol–water partition coefficient (Wildman–Crippen LogP) is 0.676. The third-order valence-electron chi connectivity index (χ3n) is 2.04. The number of hydrogen-bond acceptors (Lipinski definition) is 1. The van der Waals surface area contributed by atoms with Crippen molar-refractivity contribution >= 4 is 24.3 Å². The van der Waals surface area contributed by atoms with Gasteiger partial charge in [0.2, 0.25) is 0 Å². The molecule has 2 aromatic rings. The van der Waals surface area contributed by atoms with Gasteiger partial charge in [0.25, 0.3) is 0 Å². The Hall–Kier alpha value is -1.25. The van der Waals surface area contributed by atoms with Gasteiger partial charge in [-0.2, -0.15) is 5.10 Å². The van der Waals surface area contributed by atoms with E-state index in [1.54, 1.807) is 4.68 Å². The van der Waals surface area contributed by atoms with Gasteiger partial charge in [-0.25, -0.2) is 0 Å². The average Bonchev–Trinajstić information content (AvgIpc) is 2.28. The molecule has 0 saturated carbocycles. The van der Waals surface area contributed by atoms with Crippen molar-refractivity contribution in [2.45, 2.75) is 6.92 Å². The summed E-state index contributed by atoms with van der Waals surface area (Å²) in [5.41, 5.74) is 2.90. The Balaban J connectivity index is 2.87. The molecular weight excluding hydrogens is 147 g/mol. The standard InChI is InChI=1S/C9H9BN2/c1-6-3-4-7-8(5-6)11-12(2)9(7)10/h3-5H,1-2H3. The molecule has 0 unspecified atom stereocenters. The predicted molar refractivity (Wildman–Crippen MR) is 50.8 cm³/mol. The molecule has 2 radical (unpaired) electrons. The number of rotatable bonds is 0. The average molecular weight is 156 g/mol. The van der Waals surface area contributed by atoms with Crippen LogP contribution in [0.4, 0.5) is 0 Å². The molecule has 2 rings (SSSR count). The van der Waals surface area contributed by atoms with Crippen LogP contribution in [0.1, 0.15) is 5.56 Å². The van der Waals surface area contributed by atoms with E-state index in [0.717, 1.165) is 16.5 Å². The molecule has 0 fully saturated rings. The van der Waals surface area contributed by atoms with Crippen molar-refractivity contribution in [1.82, 2.24) is 9.78 Å². The highest BCUT2D eigenvalue weighted by Crippen LogP contribution is 2.10. The van der Waals surface area contributed by atoms with Crippen molar-refractivity contribution in [3.63, 3.8) is 0 Å². The molecule has 0 aliphatic heterocycles. The second kappa shape index (κ2) is 2.37. The van der Waals surface area contributed by atoms with Crippen LogP contribution in [0.2, 0.25) is 0 Å². The molecule has 0 saturated heterocycles. The van der Waals surface area contributed by atoms with Gasteiger partial charge < -0.3 is 0 Å². The van der Waals surface area contributed by atoms with Crippen LogP contribution < -0.4 is 5.59 Å². The van der Waals surface area contributed by atoms with E-state index in [-0.39, 0.29) is 0 Å². The maximum Gasteiger partial charge on any atom is 0.142 e. The third-order valence-corrected chi connectivity index (χ3v) is 2.04. The van der Waals surface area contributed by atoms with Crippen molar-refractivity contribution in [3.8, 4) is 0 Å². The first kappa shape index (κ1) is 7.41. The summed E-state index contributed by atoms with van der Waals surface area (Å²) in [4.78, 5) is 0. The maximum atomic E-state index is 5.79. The Morgan fingerprint density at radius 1 is 1.42 bits per heavy atom. The minimum absolute atomic E-state index is 0.727. The molecule has 0 N–H and O–H groups in total. The smallest absolute Gasteiger partial charge is 0.142 e. The molecule has 0 amide bonds. The van der Waals surface area contributed by atoms with E-state index in [9.17, 15) is 0 Å². The number of nitrogens with zero attached hydrogens (tertiary/aromatic N) is 2. The molecule has 2 nitrogen and oxygen atoms in total. The molecule has 0 spiro atoms. The number of hydrogen-bond donors (Lipinski definition) is 0. The van der Waals surface area contributed by atoms with E-state index >= 15 is 0 Å². The number of fused-ring (bicyclic) bond motifs is 1. The zero-order valence-corrected chi connectivity index (χ0v) is 7.20. The van der Waals surface area contributed by atoms with E-state index in [4.69, 9.17) is 7.85 Å². The first-order chi connectivity index (χ1) is 5.68. The van der Waals surface area contributed by atoms with Crippen LogP contribution in [-0.2, 0) is 7.05 Å². The molecule has 0 bridgehead atoms. The molecule has 0 atom stereocenters. The molecule has 1 aromatic heterocycles. The normalized spacial score (nSPS) is 10.8. The van der Waals surface area contributed by atoms with Crippen molar-refractivity contribution in [2.75, 3.05) is 0 Å². The molecule has 0 aliphatic rings. The maximum absolute atomic E-state index is 5.79. The summed E-state index contributed by atoms with van der Waals surface area (Å²) in [7, 11) is 7.64. The topological polar surface area (TPSA) is 17.8 Å². The SMILES string of the molecule is [B]c1c2ccc(C)cc2nn1C. The number of aromatic nitrogens is 2. The zero-order valence-electron chi connectivity index (χ0n) is 7.20. The lowest BCUT2D eigenvalue weighted by Crippen LogP contribution is -2.14. The Labute approximate surface area is 72.6 Å². The van der Waals surface area contributed by atoms with Crippen molar-refractivity contribution in [1.29, 1.82) is 0 Å². The lowest BCUT2D eigenvalue weighted by Gasteiger charge is -1.92. The van der Waals surface area contributed by atoms with Gasteiger partial charge in [0, 0.05) is 12.4 Å².